The van der Waals surface area contributed by atoms with E-state index in [1.165, 1.54) is 0 Å². The summed E-state index contributed by atoms with van der Waals surface area (Å²) < 4.78 is 0. The molecule has 0 saturated heterocycles. The predicted octanol–water partition coefficient (Wildman–Crippen LogP) is 3.88. The standard InChI is InChI=1S/C21H22N2O2/c22-15-21(18-4-2-1-3-5-18)12-10-19(11-13-21)23-14-16-6-8-17(9-7-16)20(24)25/h1-9,19,23H,10-14H2,(H,24,25). The smallest absolute Gasteiger partial charge is 0.335 e. The Morgan fingerprint density at radius 1 is 1.12 bits per heavy atom. The number of carboxylic acid groups (broad SMARTS) is 1. The average molecular weight is 334 g/mol. The maximum absolute atomic E-state index is 10.9. The summed E-state index contributed by atoms with van der Waals surface area (Å²) in [5.41, 5.74) is 2.15. The van der Waals surface area contributed by atoms with Gasteiger partial charge in [-0.2, -0.15) is 5.26 Å². The van der Waals surface area contributed by atoms with Gasteiger partial charge in [0, 0.05) is 12.6 Å². The summed E-state index contributed by atoms with van der Waals surface area (Å²) in [6.45, 7) is 0.718. The average Bonchev–Trinajstić information content (AvgIpc) is 2.68. The molecule has 2 aromatic rings. The molecular formula is C21H22N2O2. The van der Waals surface area contributed by atoms with E-state index in [2.05, 4.69) is 23.5 Å². The van der Waals surface area contributed by atoms with E-state index in [0.717, 1.165) is 43.4 Å². The van der Waals surface area contributed by atoms with Crippen molar-refractivity contribution in [1.82, 2.24) is 5.32 Å². The van der Waals surface area contributed by atoms with Crippen molar-refractivity contribution in [3.8, 4) is 6.07 Å². The van der Waals surface area contributed by atoms with E-state index >= 15 is 0 Å². The van der Waals surface area contributed by atoms with Crippen molar-refractivity contribution in [2.24, 2.45) is 0 Å². The summed E-state index contributed by atoms with van der Waals surface area (Å²) in [4.78, 5) is 10.9. The van der Waals surface area contributed by atoms with E-state index in [4.69, 9.17) is 5.11 Å². The van der Waals surface area contributed by atoms with Gasteiger partial charge in [0.15, 0.2) is 0 Å². The lowest BCUT2D eigenvalue weighted by Crippen LogP contribution is -2.38. The maximum Gasteiger partial charge on any atom is 0.335 e. The Bertz CT molecular complexity index is 755. The van der Waals surface area contributed by atoms with Crippen molar-refractivity contribution >= 4 is 5.97 Å². The fourth-order valence-corrected chi connectivity index (χ4v) is 3.56. The molecule has 0 aliphatic heterocycles. The second kappa shape index (κ2) is 7.50. The van der Waals surface area contributed by atoms with E-state index < -0.39 is 5.97 Å². The van der Waals surface area contributed by atoms with Gasteiger partial charge in [0.25, 0.3) is 0 Å². The Hall–Kier alpha value is -2.64. The molecule has 1 saturated carbocycles. The van der Waals surface area contributed by atoms with Crippen LogP contribution in [0.2, 0.25) is 0 Å². The second-order valence-electron chi connectivity index (χ2n) is 6.72. The number of benzene rings is 2. The van der Waals surface area contributed by atoms with Gasteiger partial charge >= 0.3 is 5.97 Å². The van der Waals surface area contributed by atoms with Crippen LogP contribution in [0, 0.1) is 11.3 Å². The zero-order valence-electron chi connectivity index (χ0n) is 14.1. The fraction of sp³-hybridized carbons (Fsp3) is 0.333. The van der Waals surface area contributed by atoms with Crippen LogP contribution in [0.5, 0.6) is 0 Å². The highest BCUT2D eigenvalue weighted by atomic mass is 16.4. The predicted molar refractivity (Wildman–Crippen MR) is 96.2 cm³/mol. The molecule has 0 spiro atoms. The van der Waals surface area contributed by atoms with Crippen molar-refractivity contribution in [2.45, 2.75) is 43.7 Å². The number of hydrogen-bond acceptors (Lipinski definition) is 3. The first-order valence-corrected chi connectivity index (χ1v) is 8.65. The molecule has 0 aromatic heterocycles. The first-order valence-electron chi connectivity index (χ1n) is 8.65. The van der Waals surface area contributed by atoms with Gasteiger partial charge in [0.05, 0.1) is 17.0 Å². The molecular weight excluding hydrogens is 312 g/mol. The number of nitrogens with one attached hydrogen (secondary N) is 1. The van der Waals surface area contributed by atoms with Gasteiger partial charge in [0.1, 0.15) is 0 Å². The van der Waals surface area contributed by atoms with Gasteiger partial charge in [-0.3, -0.25) is 0 Å². The summed E-state index contributed by atoms with van der Waals surface area (Å²) in [7, 11) is 0. The highest BCUT2D eigenvalue weighted by Crippen LogP contribution is 2.38. The normalized spacial score (nSPS) is 22.9. The monoisotopic (exact) mass is 334 g/mol. The Balaban J connectivity index is 1.56. The largest absolute Gasteiger partial charge is 0.478 e. The molecule has 1 aliphatic rings. The Kier molecular flexibility index (Phi) is 5.16. The van der Waals surface area contributed by atoms with E-state index in [9.17, 15) is 10.1 Å². The quantitative estimate of drug-likeness (QED) is 0.870. The van der Waals surface area contributed by atoms with Crippen molar-refractivity contribution in [1.29, 1.82) is 5.26 Å². The first-order chi connectivity index (χ1) is 12.1. The number of nitriles is 1. The molecule has 1 fully saturated rings. The number of carbonyl (C=O) groups is 1. The molecule has 0 radical (unpaired) electrons. The summed E-state index contributed by atoms with van der Waals surface area (Å²) in [6.07, 6.45) is 3.66. The summed E-state index contributed by atoms with van der Waals surface area (Å²) in [5, 5.41) is 22.2. The van der Waals surface area contributed by atoms with Crippen molar-refractivity contribution < 1.29 is 9.90 Å². The number of hydrogen-bond donors (Lipinski definition) is 2. The topological polar surface area (TPSA) is 73.1 Å². The number of rotatable bonds is 5. The molecule has 4 nitrogen and oxygen atoms in total. The Morgan fingerprint density at radius 2 is 1.76 bits per heavy atom. The van der Waals surface area contributed by atoms with Crippen LogP contribution in [0.1, 0.15) is 47.2 Å². The fourth-order valence-electron chi connectivity index (χ4n) is 3.56. The van der Waals surface area contributed by atoms with E-state index in [0.29, 0.717) is 11.6 Å². The highest BCUT2D eigenvalue weighted by Gasteiger charge is 2.36. The molecule has 25 heavy (non-hydrogen) atoms. The van der Waals surface area contributed by atoms with Gasteiger partial charge in [0.2, 0.25) is 0 Å². The zero-order chi connectivity index (χ0) is 17.7. The van der Waals surface area contributed by atoms with Crippen molar-refractivity contribution in [3.63, 3.8) is 0 Å². The molecule has 0 atom stereocenters. The van der Waals surface area contributed by atoms with Crippen molar-refractivity contribution in [2.75, 3.05) is 0 Å². The van der Waals surface area contributed by atoms with Crippen LogP contribution < -0.4 is 5.32 Å². The summed E-state index contributed by atoms with van der Waals surface area (Å²) in [6, 6.07) is 20.0. The minimum Gasteiger partial charge on any atom is -0.478 e. The van der Waals surface area contributed by atoms with Crippen LogP contribution in [0.15, 0.2) is 54.6 Å². The van der Waals surface area contributed by atoms with Crippen LogP contribution >= 0.6 is 0 Å². The molecule has 3 rings (SSSR count). The van der Waals surface area contributed by atoms with E-state index in [1.54, 1.807) is 12.1 Å². The number of aromatic carboxylic acids is 1. The van der Waals surface area contributed by atoms with Gasteiger partial charge in [-0.1, -0.05) is 42.5 Å². The van der Waals surface area contributed by atoms with Crippen molar-refractivity contribution in [3.05, 3.63) is 71.3 Å². The molecule has 0 bridgehead atoms. The molecule has 128 valence electrons. The molecule has 1 aliphatic carbocycles. The second-order valence-corrected chi connectivity index (χ2v) is 6.72. The Labute approximate surface area is 148 Å². The van der Waals surface area contributed by atoms with Crippen LogP contribution in [-0.4, -0.2) is 17.1 Å². The van der Waals surface area contributed by atoms with Gasteiger partial charge in [-0.05, 0) is 48.9 Å². The highest BCUT2D eigenvalue weighted by molar-refractivity contribution is 5.87. The van der Waals surface area contributed by atoms with Gasteiger partial charge in [-0.15, -0.1) is 0 Å². The molecule has 0 unspecified atom stereocenters. The van der Waals surface area contributed by atoms with Crippen LogP contribution in [0.4, 0.5) is 0 Å². The lowest BCUT2D eigenvalue weighted by Gasteiger charge is -2.35. The number of carboxylic acids is 1. The van der Waals surface area contributed by atoms with Crippen LogP contribution in [0.25, 0.3) is 0 Å². The molecule has 2 N–H and O–H groups in total. The lowest BCUT2D eigenvalue weighted by molar-refractivity contribution is 0.0697. The first kappa shape index (κ1) is 17.2. The molecule has 0 heterocycles. The van der Waals surface area contributed by atoms with E-state index in [1.807, 2.05) is 30.3 Å². The van der Waals surface area contributed by atoms with E-state index in [-0.39, 0.29) is 5.41 Å². The Morgan fingerprint density at radius 3 is 2.32 bits per heavy atom. The van der Waals surface area contributed by atoms with Gasteiger partial charge < -0.3 is 10.4 Å². The van der Waals surface area contributed by atoms with Crippen LogP contribution in [0.3, 0.4) is 0 Å². The lowest BCUT2D eigenvalue weighted by atomic mass is 9.69. The third-order valence-electron chi connectivity index (χ3n) is 5.18. The zero-order valence-corrected chi connectivity index (χ0v) is 14.1. The number of nitrogens with zero attached hydrogens (tertiary/aromatic N) is 1. The molecule has 0 amide bonds. The summed E-state index contributed by atoms with van der Waals surface area (Å²) in [5.74, 6) is -0.902. The minimum atomic E-state index is -0.902. The molecule has 4 heteroatoms. The summed E-state index contributed by atoms with van der Waals surface area (Å²) >= 11 is 0. The van der Waals surface area contributed by atoms with Crippen LogP contribution in [-0.2, 0) is 12.0 Å². The van der Waals surface area contributed by atoms with Gasteiger partial charge in [-0.25, -0.2) is 4.79 Å². The molecule has 2 aromatic carbocycles. The maximum atomic E-state index is 10.9. The SMILES string of the molecule is N#CC1(c2ccccc2)CCC(NCc2ccc(C(=O)O)cc2)CC1. The minimum absolute atomic E-state index is 0.308. The third kappa shape index (κ3) is 3.89. The third-order valence-corrected chi connectivity index (χ3v) is 5.18.